The Labute approximate surface area is 242 Å². The minimum Gasteiger partial charge on any atom is -0.345 e. The molecule has 0 bridgehead atoms. The van der Waals surface area contributed by atoms with Crippen LogP contribution < -0.4 is 0 Å². The summed E-state index contributed by atoms with van der Waals surface area (Å²) in [5.74, 6) is -1.57. The first kappa shape index (κ1) is 28.1. The van der Waals surface area contributed by atoms with Crippen molar-refractivity contribution in [3.63, 3.8) is 0 Å². The molecule has 1 N–H and O–H groups in total. The van der Waals surface area contributed by atoms with Crippen LogP contribution in [0.1, 0.15) is 35.6 Å². The molecule has 3 aromatic carbocycles. The van der Waals surface area contributed by atoms with Crippen LogP contribution in [0.5, 0.6) is 0 Å². The zero-order valence-corrected chi connectivity index (χ0v) is 23.6. The van der Waals surface area contributed by atoms with Gasteiger partial charge in [-0.1, -0.05) is 61.0 Å². The van der Waals surface area contributed by atoms with Gasteiger partial charge in [0.2, 0.25) is 0 Å². The number of nitrogens with one attached hydrogen (secondary N) is 1. The third-order valence-corrected chi connectivity index (χ3v) is 8.59. The van der Waals surface area contributed by atoms with E-state index in [1.807, 2.05) is 49.4 Å². The molecule has 0 radical (unpaired) electrons. The topological polar surface area (TPSA) is 92.8 Å². The Hall–Kier alpha value is -4.40. The number of carbonyl (C=O) groups excluding carboxylic acids is 1. The van der Waals surface area contributed by atoms with Gasteiger partial charge in [0, 0.05) is 12.4 Å². The van der Waals surface area contributed by atoms with Gasteiger partial charge in [-0.15, -0.1) is 0 Å². The lowest BCUT2D eigenvalue weighted by Crippen LogP contribution is -2.14. The third kappa shape index (κ3) is 6.34. The predicted molar refractivity (Wildman–Crippen MR) is 160 cm³/mol. The van der Waals surface area contributed by atoms with E-state index in [-0.39, 0.29) is 4.90 Å². The summed E-state index contributed by atoms with van der Waals surface area (Å²) in [5.41, 5.74) is 6.86. The molecule has 0 amide bonds. The van der Waals surface area contributed by atoms with Crippen LogP contribution in [0.15, 0.2) is 102 Å². The van der Waals surface area contributed by atoms with E-state index in [0.29, 0.717) is 11.4 Å². The molecule has 5 aromatic rings. The van der Waals surface area contributed by atoms with Gasteiger partial charge in [0.1, 0.15) is 11.6 Å². The van der Waals surface area contributed by atoms with Crippen LogP contribution in [0, 0.1) is 5.82 Å². The molecular formula is C32H25ClFN3O3S. The van der Waals surface area contributed by atoms with Gasteiger partial charge in [-0.2, -0.15) is 0 Å². The molecule has 0 spiro atoms. The average Bonchev–Trinajstić information content (AvgIpc) is 3.44. The first-order valence-electron chi connectivity index (χ1n) is 12.8. The zero-order valence-electron chi connectivity index (χ0n) is 22.0. The maximum Gasteiger partial charge on any atom is 0.185 e. The maximum absolute atomic E-state index is 13.9. The smallest absolute Gasteiger partial charge is 0.185 e. The number of imidazole rings is 1. The van der Waals surface area contributed by atoms with Crippen LogP contribution in [0.25, 0.3) is 28.3 Å². The van der Waals surface area contributed by atoms with E-state index in [4.69, 9.17) is 11.6 Å². The molecule has 6 nitrogen and oxygen atoms in total. The van der Waals surface area contributed by atoms with Crippen LogP contribution in [-0.2, 0) is 14.6 Å². The minimum absolute atomic E-state index is 0.0548. The summed E-state index contributed by atoms with van der Waals surface area (Å²) in [5, 5.41) is 0.321. The van der Waals surface area contributed by atoms with E-state index >= 15 is 0 Å². The summed E-state index contributed by atoms with van der Waals surface area (Å²) < 4.78 is 38.9. The van der Waals surface area contributed by atoms with E-state index in [1.165, 1.54) is 42.7 Å². The number of fused-ring (bicyclic) bond motifs is 1. The first-order valence-corrected chi connectivity index (χ1v) is 14.8. The maximum atomic E-state index is 13.9. The number of hydrogen-bond acceptors (Lipinski definition) is 5. The van der Waals surface area contributed by atoms with Crippen molar-refractivity contribution in [1.82, 2.24) is 15.0 Å². The molecule has 0 saturated heterocycles. The van der Waals surface area contributed by atoms with Gasteiger partial charge in [-0.05, 0) is 82.3 Å². The molecule has 0 atom stereocenters. The SMILES string of the molecule is CC/C(=C(/c1ccc(/C=C/C(=O)CS(=O)(=O)c2ccncc2)cc1)c1ccc2nc[nH]c2c1)c1ccc(F)cc1Cl. The Bertz CT molecular complexity index is 1900. The fourth-order valence-electron chi connectivity index (χ4n) is 4.66. The van der Waals surface area contributed by atoms with Crippen LogP contribution >= 0.6 is 11.6 Å². The number of pyridine rings is 1. The average molecular weight is 586 g/mol. The summed E-state index contributed by atoms with van der Waals surface area (Å²) in [7, 11) is -3.76. The Morgan fingerprint density at radius 2 is 1.71 bits per heavy atom. The van der Waals surface area contributed by atoms with Gasteiger partial charge in [-0.25, -0.2) is 17.8 Å². The van der Waals surface area contributed by atoms with E-state index in [1.54, 1.807) is 18.5 Å². The summed E-state index contributed by atoms with van der Waals surface area (Å²) in [6.45, 7) is 2.02. The summed E-state index contributed by atoms with van der Waals surface area (Å²) in [6, 6.07) is 20.6. The highest BCUT2D eigenvalue weighted by Gasteiger charge is 2.18. The van der Waals surface area contributed by atoms with Crippen molar-refractivity contribution in [2.24, 2.45) is 0 Å². The number of rotatable bonds is 9. The molecule has 0 aliphatic rings. The second-order valence-electron chi connectivity index (χ2n) is 9.33. The Morgan fingerprint density at radius 3 is 2.41 bits per heavy atom. The highest BCUT2D eigenvalue weighted by Crippen LogP contribution is 2.38. The number of halogens is 2. The van der Waals surface area contributed by atoms with Crippen molar-refractivity contribution >= 4 is 55.5 Å². The second-order valence-corrected chi connectivity index (χ2v) is 11.7. The standard InChI is InChI=1S/C32H25ClFN3O3S/c1-2-27(28-11-9-24(34)18-29(28)33)32(23-8-12-30-31(17-23)37-20-36-30)22-6-3-21(4-7-22)5-10-25(38)19-41(39,40)26-13-15-35-16-14-26/h3-18,20H,2,19H2,1H3,(H,36,37)/b10-5+,32-27+. The lowest BCUT2D eigenvalue weighted by molar-refractivity contribution is -0.112. The van der Waals surface area contributed by atoms with Crippen LogP contribution in [0.4, 0.5) is 4.39 Å². The number of benzene rings is 3. The monoisotopic (exact) mass is 585 g/mol. The normalized spacial score (nSPS) is 12.6. The van der Waals surface area contributed by atoms with Crippen LogP contribution in [-0.4, -0.2) is 34.9 Å². The van der Waals surface area contributed by atoms with E-state index in [9.17, 15) is 17.6 Å². The van der Waals surface area contributed by atoms with Crippen molar-refractivity contribution in [3.05, 3.63) is 131 Å². The second kappa shape index (κ2) is 12.0. The number of sulfone groups is 1. The molecule has 0 saturated carbocycles. The molecule has 41 heavy (non-hydrogen) atoms. The number of allylic oxidation sites excluding steroid dienone is 2. The zero-order chi connectivity index (χ0) is 29.0. The predicted octanol–water partition coefficient (Wildman–Crippen LogP) is 7.18. The molecule has 0 aliphatic heterocycles. The number of ketones is 1. The first-order chi connectivity index (χ1) is 19.7. The highest BCUT2D eigenvalue weighted by atomic mass is 35.5. The van der Waals surface area contributed by atoms with Crippen molar-refractivity contribution in [3.8, 4) is 0 Å². The van der Waals surface area contributed by atoms with Gasteiger partial charge in [0.15, 0.2) is 15.6 Å². The van der Waals surface area contributed by atoms with Crippen molar-refractivity contribution in [2.45, 2.75) is 18.2 Å². The van der Waals surface area contributed by atoms with Gasteiger partial charge < -0.3 is 4.98 Å². The molecule has 5 rings (SSSR count). The van der Waals surface area contributed by atoms with Crippen molar-refractivity contribution in [1.29, 1.82) is 0 Å². The summed E-state index contributed by atoms with van der Waals surface area (Å²) in [6.07, 6.45) is 7.87. The number of nitrogens with zero attached hydrogens (tertiary/aromatic N) is 2. The number of aromatic nitrogens is 3. The Kier molecular flexibility index (Phi) is 8.23. The van der Waals surface area contributed by atoms with Crippen molar-refractivity contribution in [2.75, 3.05) is 5.75 Å². The fourth-order valence-corrected chi connectivity index (χ4v) is 6.11. The van der Waals surface area contributed by atoms with E-state index < -0.39 is 27.2 Å². The molecule has 0 aliphatic carbocycles. The quantitative estimate of drug-likeness (QED) is 0.146. The number of H-pyrrole nitrogens is 1. The molecule has 9 heteroatoms. The number of carbonyl (C=O) groups is 1. The fraction of sp³-hybridized carbons (Fsp3) is 0.0938. The lowest BCUT2D eigenvalue weighted by Gasteiger charge is -2.17. The number of aromatic amines is 1. The third-order valence-electron chi connectivity index (χ3n) is 6.62. The minimum atomic E-state index is -3.76. The molecule has 0 unspecified atom stereocenters. The summed E-state index contributed by atoms with van der Waals surface area (Å²) in [4.78, 5) is 23.8. The molecular weight excluding hydrogens is 561 g/mol. The van der Waals surface area contributed by atoms with Crippen LogP contribution in [0.3, 0.4) is 0 Å². The van der Waals surface area contributed by atoms with Gasteiger partial charge in [-0.3, -0.25) is 9.78 Å². The molecule has 2 heterocycles. The summed E-state index contributed by atoms with van der Waals surface area (Å²) >= 11 is 6.50. The highest BCUT2D eigenvalue weighted by molar-refractivity contribution is 7.92. The van der Waals surface area contributed by atoms with Gasteiger partial charge >= 0.3 is 0 Å². The van der Waals surface area contributed by atoms with Gasteiger partial charge in [0.25, 0.3) is 0 Å². The Balaban J connectivity index is 1.49. The molecule has 206 valence electrons. The Morgan fingerprint density at radius 1 is 0.976 bits per heavy atom. The van der Waals surface area contributed by atoms with E-state index in [0.717, 1.165) is 44.4 Å². The van der Waals surface area contributed by atoms with Crippen molar-refractivity contribution < 1.29 is 17.6 Å². The van der Waals surface area contributed by atoms with Crippen LogP contribution in [0.2, 0.25) is 5.02 Å². The van der Waals surface area contributed by atoms with Gasteiger partial charge in [0.05, 0.1) is 27.3 Å². The van der Waals surface area contributed by atoms with E-state index in [2.05, 4.69) is 15.0 Å². The molecule has 0 fully saturated rings. The molecule has 2 aromatic heterocycles. The largest absolute Gasteiger partial charge is 0.345 e. The number of hydrogen-bond donors (Lipinski definition) is 1. The lowest BCUT2D eigenvalue weighted by atomic mass is 9.87.